The van der Waals surface area contributed by atoms with Crippen LogP contribution in [0.3, 0.4) is 0 Å². The number of pyridine rings is 1. The van der Waals surface area contributed by atoms with Crippen LogP contribution in [0.4, 0.5) is 0 Å². The fraction of sp³-hybridized carbons (Fsp3) is 0.706. The zero-order valence-electron chi connectivity index (χ0n) is 12.2. The summed E-state index contributed by atoms with van der Waals surface area (Å²) in [6.45, 7) is 2.69. The molecule has 4 bridgehead atoms. The van der Waals surface area contributed by atoms with Crippen LogP contribution in [0.5, 0.6) is 5.75 Å². The van der Waals surface area contributed by atoms with Crippen LogP contribution in [0.1, 0.15) is 49.9 Å². The minimum atomic E-state index is 0.327. The van der Waals surface area contributed by atoms with E-state index in [1.807, 2.05) is 13.0 Å². The van der Waals surface area contributed by atoms with Crippen molar-refractivity contribution in [1.29, 1.82) is 0 Å². The van der Waals surface area contributed by atoms with Crippen LogP contribution in [-0.2, 0) is 6.54 Å². The van der Waals surface area contributed by atoms with Crippen LogP contribution in [-0.4, -0.2) is 15.6 Å². The van der Waals surface area contributed by atoms with Gasteiger partial charge in [-0.3, -0.25) is 4.98 Å². The molecule has 5 rings (SSSR count). The highest BCUT2D eigenvalue weighted by molar-refractivity contribution is 5.27. The van der Waals surface area contributed by atoms with Gasteiger partial charge >= 0.3 is 0 Å². The fourth-order valence-corrected chi connectivity index (χ4v) is 5.33. The maximum Gasteiger partial charge on any atom is 0.138 e. The third-order valence-corrected chi connectivity index (χ3v) is 5.76. The highest BCUT2D eigenvalue weighted by Gasteiger charge is 2.50. The second-order valence-corrected chi connectivity index (χ2v) is 7.47. The molecule has 3 heteroatoms. The van der Waals surface area contributed by atoms with Crippen molar-refractivity contribution in [2.45, 2.75) is 57.5 Å². The second kappa shape index (κ2) is 4.45. The lowest BCUT2D eigenvalue weighted by Crippen LogP contribution is -2.58. The maximum absolute atomic E-state index is 9.95. The third kappa shape index (κ3) is 2.12. The molecule has 1 aromatic heterocycles. The number of aromatic hydroxyl groups is 1. The molecule has 1 aromatic rings. The minimum Gasteiger partial charge on any atom is -0.506 e. The van der Waals surface area contributed by atoms with Gasteiger partial charge in [0.1, 0.15) is 5.75 Å². The van der Waals surface area contributed by atoms with Crippen LogP contribution in [0, 0.1) is 24.7 Å². The molecule has 1 heterocycles. The smallest absolute Gasteiger partial charge is 0.138 e. The molecule has 0 aromatic carbocycles. The van der Waals surface area contributed by atoms with Crippen molar-refractivity contribution in [1.82, 2.24) is 10.3 Å². The van der Waals surface area contributed by atoms with Crippen molar-refractivity contribution in [3.63, 3.8) is 0 Å². The van der Waals surface area contributed by atoms with E-state index < -0.39 is 0 Å². The molecule has 4 aliphatic carbocycles. The molecule has 108 valence electrons. The normalized spacial score (nSPS) is 38.4. The Labute approximate surface area is 120 Å². The van der Waals surface area contributed by atoms with E-state index in [9.17, 15) is 5.11 Å². The van der Waals surface area contributed by atoms with Gasteiger partial charge in [0.25, 0.3) is 0 Å². The van der Waals surface area contributed by atoms with E-state index in [1.54, 1.807) is 6.07 Å². The molecule has 3 nitrogen and oxygen atoms in total. The maximum atomic E-state index is 9.95. The second-order valence-electron chi connectivity index (χ2n) is 7.47. The summed E-state index contributed by atoms with van der Waals surface area (Å²) < 4.78 is 0. The van der Waals surface area contributed by atoms with Crippen LogP contribution < -0.4 is 5.32 Å². The Kier molecular flexibility index (Phi) is 2.81. The molecule has 0 atom stereocenters. The Morgan fingerprint density at radius 1 is 1.15 bits per heavy atom. The van der Waals surface area contributed by atoms with Gasteiger partial charge in [0.2, 0.25) is 0 Å². The highest BCUT2D eigenvalue weighted by Crippen LogP contribution is 2.55. The van der Waals surface area contributed by atoms with E-state index in [0.29, 0.717) is 17.8 Å². The summed E-state index contributed by atoms with van der Waals surface area (Å²) in [6.07, 6.45) is 8.42. The van der Waals surface area contributed by atoms with Crippen molar-refractivity contribution in [3.8, 4) is 5.75 Å². The van der Waals surface area contributed by atoms with Gasteiger partial charge in [0.05, 0.1) is 5.69 Å². The van der Waals surface area contributed by atoms with Crippen LogP contribution in [0.25, 0.3) is 0 Å². The molecule has 4 saturated carbocycles. The predicted molar refractivity (Wildman–Crippen MR) is 78.4 cm³/mol. The van der Waals surface area contributed by atoms with E-state index in [0.717, 1.165) is 29.1 Å². The van der Waals surface area contributed by atoms with E-state index in [2.05, 4.69) is 10.3 Å². The molecule has 0 unspecified atom stereocenters. The standard InChI is InChI=1S/C17H24N2O/c1-11-2-3-16(20)15(19-11)10-18-17-7-12-4-13(8-17)6-14(5-12)9-17/h2-3,12-14,18,20H,4-10H2,1H3. The SMILES string of the molecule is Cc1ccc(O)c(CNC23CC4CC(CC(C4)C2)C3)n1. The number of hydrogen-bond donors (Lipinski definition) is 2. The zero-order chi connectivity index (χ0) is 13.7. The molecule has 0 saturated heterocycles. The third-order valence-electron chi connectivity index (χ3n) is 5.76. The zero-order valence-corrected chi connectivity index (χ0v) is 12.2. The van der Waals surface area contributed by atoms with Gasteiger partial charge in [-0.15, -0.1) is 0 Å². The Balaban J connectivity index is 1.50. The first-order chi connectivity index (χ1) is 9.62. The van der Waals surface area contributed by atoms with Gasteiger partial charge in [-0.1, -0.05) is 0 Å². The lowest BCUT2D eigenvalue weighted by Gasteiger charge is -2.57. The van der Waals surface area contributed by atoms with Crippen molar-refractivity contribution in [3.05, 3.63) is 23.5 Å². The Hall–Kier alpha value is -1.09. The van der Waals surface area contributed by atoms with E-state index in [1.165, 1.54) is 38.5 Å². The van der Waals surface area contributed by atoms with Crippen molar-refractivity contribution in [2.75, 3.05) is 0 Å². The molecule has 0 radical (unpaired) electrons. The van der Waals surface area contributed by atoms with Crippen molar-refractivity contribution < 1.29 is 5.11 Å². The number of hydrogen-bond acceptors (Lipinski definition) is 3. The topological polar surface area (TPSA) is 45.1 Å². The number of nitrogens with one attached hydrogen (secondary N) is 1. The first kappa shape index (κ1) is 12.6. The molecule has 2 N–H and O–H groups in total. The highest BCUT2D eigenvalue weighted by atomic mass is 16.3. The predicted octanol–water partition coefficient (Wildman–Crippen LogP) is 3.15. The molecule has 0 amide bonds. The molecule has 0 aliphatic heterocycles. The van der Waals surface area contributed by atoms with E-state index in [4.69, 9.17) is 0 Å². The first-order valence-corrected chi connectivity index (χ1v) is 8.02. The average Bonchev–Trinajstić information content (AvgIpc) is 2.38. The summed E-state index contributed by atoms with van der Waals surface area (Å²) in [7, 11) is 0. The monoisotopic (exact) mass is 272 g/mol. The van der Waals surface area contributed by atoms with E-state index in [-0.39, 0.29) is 0 Å². The lowest BCUT2D eigenvalue weighted by atomic mass is 9.53. The Morgan fingerprint density at radius 2 is 1.75 bits per heavy atom. The summed E-state index contributed by atoms with van der Waals surface area (Å²) in [6, 6.07) is 3.63. The molecular formula is C17H24N2O. The number of rotatable bonds is 3. The van der Waals surface area contributed by atoms with Crippen LogP contribution in [0.15, 0.2) is 12.1 Å². The lowest BCUT2D eigenvalue weighted by molar-refractivity contribution is -0.0208. The summed E-state index contributed by atoms with van der Waals surface area (Å²) in [4.78, 5) is 4.48. The molecule has 0 spiro atoms. The van der Waals surface area contributed by atoms with Crippen molar-refractivity contribution >= 4 is 0 Å². The summed E-state index contributed by atoms with van der Waals surface area (Å²) >= 11 is 0. The first-order valence-electron chi connectivity index (χ1n) is 8.02. The van der Waals surface area contributed by atoms with E-state index >= 15 is 0 Å². The van der Waals surface area contributed by atoms with Gasteiger partial charge in [0, 0.05) is 17.8 Å². The largest absolute Gasteiger partial charge is 0.506 e. The average molecular weight is 272 g/mol. The summed E-state index contributed by atoms with van der Waals surface area (Å²) in [5.74, 6) is 3.18. The molecule has 20 heavy (non-hydrogen) atoms. The Morgan fingerprint density at radius 3 is 2.35 bits per heavy atom. The van der Waals surface area contributed by atoms with Gasteiger partial charge < -0.3 is 10.4 Å². The number of aryl methyl sites for hydroxylation is 1. The number of aromatic nitrogens is 1. The molecular weight excluding hydrogens is 248 g/mol. The minimum absolute atomic E-state index is 0.327. The molecule has 4 fully saturated rings. The fourth-order valence-electron chi connectivity index (χ4n) is 5.33. The van der Waals surface area contributed by atoms with Crippen LogP contribution >= 0.6 is 0 Å². The number of nitrogens with zero attached hydrogens (tertiary/aromatic N) is 1. The van der Waals surface area contributed by atoms with Crippen molar-refractivity contribution in [2.24, 2.45) is 17.8 Å². The quantitative estimate of drug-likeness (QED) is 0.888. The van der Waals surface area contributed by atoms with Gasteiger partial charge in [-0.25, -0.2) is 0 Å². The molecule has 4 aliphatic rings. The van der Waals surface area contributed by atoms with Crippen LogP contribution in [0.2, 0.25) is 0 Å². The summed E-state index contributed by atoms with van der Waals surface area (Å²) in [5, 5.41) is 13.7. The Bertz CT molecular complexity index is 490. The summed E-state index contributed by atoms with van der Waals surface area (Å²) in [5.41, 5.74) is 2.12. The van der Waals surface area contributed by atoms with Gasteiger partial charge in [-0.05, 0) is 75.3 Å². The van der Waals surface area contributed by atoms with Gasteiger partial charge in [-0.2, -0.15) is 0 Å². The van der Waals surface area contributed by atoms with Gasteiger partial charge in [0.15, 0.2) is 0 Å².